The zero-order valence-electron chi connectivity index (χ0n) is 13.7. The van der Waals surface area contributed by atoms with E-state index >= 15 is 0 Å². The average Bonchev–Trinajstić information content (AvgIpc) is 2.86. The number of carboxylic acid groups (broad SMARTS) is 1. The fourth-order valence-electron chi connectivity index (χ4n) is 3.44. The molecule has 0 fully saturated rings. The van der Waals surface area contributed by atoms with Gasteiger partial charge in [0.2, 0.25) is 0 Å². The Labute approximate surface area is 140 Å². The maximum absolute atomic E-state index is 11.8. The standard InChI is InChI=1S/C18H22N2O4/c1-2-9-24-18(23)19-12-7-8-16-14(10-12)13-5-3-4-6-15(13)20(16)11-17(21)22/h3-6,12H,2,7-11H2,1H3,(H,19,23)(H,21,22)/t12-/m1/s1. The lowest BCUT2D eigenvalue weighted by Crippen LogP contribution is -2.39. The molecule has 128 valence electrons. The fourth-order valence-corrected chi connectivity index (χ4v) is 3.44. The number of ether oxygens (including phenoxy) is 1. The number of fused-ring (bicyclic) bond motifs is 3. The van der Waals surface area contributed by atoms with Crippen LogP contribution in [0.25, 0.3) is 10.9 Å². The highest BCUT2D eigenvalue weighted by atomic mass is 16.5. The summed E-state index contributed by atoms with van der Waals surface area (Å²) >= 11 is 0. The van der Waals surface area contributed by atoms with Gasteiger partial charge in [0.25, 0.3) is 0 Å². The van der Waals surface area contributed by atoms with E-state index in [-0.39, 0.29) is 18.7 Å². The van der Waals surface area contributed by atoms with E-state index in [9.17, 15) is 14.7 Å². The highest BCUT2D eigenvalue weighted by Gasteiger charge is 2.27. The first-order valence-electron chi connectivity index (χ1n) is 8.34. The molecule has 1 aromatic heterocycles. The van der Waals surface area contributed by atoms with E-state index in [1.807, 2.05) is 35.8 Å². The van der Waals surface area contributed by atoms with Crippen LogP contribution in [0.2, 0.25) is 0 Å². The summed E-state index contributed by atoms with van der Waals surface area (Å²) in [4.78, 5) is 23.0. The lowest BCUT2D eigenvalue weighted by Gasteiger charge is -2.24. The summed E-state index contributed by atoms with van der Waals surface area (Å²) in [6.07, 6.45) is 2.65. The Kier molecular flexibility index (Phi) is 4.74. The van der Waals surface area contributed by atoms with Crippen molar-refractivity contribution in [3.63, 3.8) is 0 Å². The van der Waals surface area contributed by atoms with Gasteiger partial charge in [-0.1, -0.05) is 25.1 Å². The Hall–Kier alpha value is -2.50. The monoisotopic (exact) mass is 330 g/mol. The molecule has 0 spiro atoms. The number of hydrogen-bond acceptors (Lipinski definition) is 3. The predicted molar refractivity (Wildman–Crippen MR) is 90.2 cm³/mol. The van der Waals surface area contributed by atoms with Gasteiger partial charge in [0.1, 0.15) is 6.54 Å². The third kappa shape index (κ3) is 3.22. The van der Waals surface area contributed by atoms with Crippen LogP contribution in [0.4, 0.5) is 4.79 Å². The molecule has 3 rings (SSSR count). The average molecular weight is 330 g/mol. The number of nitrogens with one attached hydrogen (secondary N) is 1. The molecule has 2 aromatic rings. The van der Waals surface area contributed by atoms with Crippen LogP contribution in [-0.4, -0.2) is 34.4 Å². The second-order valence-corrected chi connectivity index (χ2v) is 6.14. The van der Waals surface area contributed by atoms with Gasteiger partial charge in [-0.25, -0.2) is 4.79 Å². The molecule has 2 N–H and O–H groups in total. The number of aliphatic carboxylic acids is 1. The molecule has 0 saturated carbocycles. The summed E-state index contributed by atoms with van der Waals surface area (Å²) in [7, 11) is 0. The van der Waals surface area contributed by atoms with E-state index in [0.717, 1.165) is 41.4 Å². The normalized spacial score (nSPS) is 16.6. The van der Waals surface area contributed by atoms with E-state index in [2.05, 4.69) is 5.32 Å². The molecular weight excluding hydrogens is 308 g/mol. The molecule has 0 aliphatic heterocycles. The van der Waals surface area contributed by atoms with Crippen LogP contribution in [0, 0.1) is 0 Å². The SMILES string of the molecule is CCCOC(=O)N[C@@H]1CCc2c(c3ccccc3n2CC(=O)O)C1. The zero-order chi connectivity index (χ0) is 17.1. The van der Waals surface area contributed by atoms with Crippen molar-refractivity contribution in [3.05, 3.63) is 35.5 Å². The largest absolute Gasteiger partial charge is 0.480 e. The van der Waals surface area contributed by atoms with Crippen LogP contribution < -0.4 is 5.32 Å². The minimum atomic E-state index is -0.845. The third-order valence-electron chi connectivity index (χ3n) is 4.43. The van der Waals surface area contributed by atoms with Gasteiger partial charge in [0.15, 0.2) is 0 Å². The molecule has 6 nitrogen and oxygen atoms in total. The number of amides is 1. The summed E-state index contributed by atoms with van der Waals surface area (Å²) in [5.74, 6) is -0.845. The van der Waals surface area contributed by atoms with Crippen LogP contribution in [0.1, 0.15) is 31.0 Å². The van der Waals surface area contributed by atoms with Crippen LogP contribution in [-0.2, 0) is 28.9 Å². The molecule has 1 aliphatic carbocycles. The van der Waals surface area contributed by atoms with Crippen LogP contribution in [0.5, 0.6) is 0 Å². The van der Waals surface area contributed by atoms with E-state index in [0.29, 0.717) is 13.0 Å². The Morgan fingerprint density at radius 1 is 1.38 bits per heavy atom. The van der Waals surface area contributed by atoms with E-state index in [1.54, 1.807) is 0 Å². The van der Waals surface area contributed by atoms with Gasteiger partial charge >= 0.3 is 12.1 Å². The maximum atomic E-state index is 11.8. The topological polar surface area (TPSA) is 80.6 Å². The summed E-state index contributed by atoms with van der Waals surface area (Å²) < 4.78 is 6.98. The second-order valence-electron chi connectivity index (χ2n) is 6.14. The quantitative estimate of drug-likeness (QED) is 0.883. The number of benzene rings is 1. The number of hydrogen-bond donors (Lipinski definition) is 2. The smallest absolute Gasteiger partial charge is 0.407 e. The number of carbonyl (C=O) groups excluding carboxylic acids is 1. The molecule has 0 saturated heterocycles. The van der Waals surface area contributed by atoms with Crippen molar-refractivity contribution < 1.29 is 19.4 Å². The molecule has 0 bridgehead atoms. The van der Waals surface area contributed by atoms with E-state index in [4.69, 9.17) is 4.74 Å². The van der Waals surface area contributed by atoms with Gasteiger partial charge in [-0.15, -0.1) is 0 Å². The second kappa shape index (κ2) is 6.95. The number of rotatable bonds is 5. The Bertz CT molecular complexity index is 766. The zero-order valence-corrected chi connectivity index (χ0v) is 13.7. The number of nitrogens with zero attached hydrogens (tertiary/aromatic N) is 1. The fraction of sp³-hybridized carbons (Fsp3) is 0.444. The van der Waals surface area contributed by atoms with Gasteiger partial charge in [-0.05, 0) is 37.3 Å². The number of carbonyl (C=O) groups is 2. The van der Waals surface area contributed by atoms with Gasteiger partial charge in [0.05, 0.1) is 6.61 Å². The molecule has 24 heavy (non-hydrogen) atoms. The highest BCUT2D eigenvalue weighted by molar-refractivity contribution is 5.87. The molecule has 6 heteroatoms. The number of carboxylic acids is 1. The highest BCUT2D eigenvalue weighted by Crippen LogP contribution is 2.32. The summed E-state index contributed by atoms with van der Waals surface area (Å²) in [6.45, 7) is 2.34. The lowest BCUT2D eigenvalue weighted by atomic mass is 9.91. The summed E-state index contributed by atoms with van der Waals surface area (Å²) in [5.41, 5.74) is 3.15. The third-order valence-corrected chi connectivity index (χ3v) is 4.43. The van der Waals surface area contributed by atoms with Gasteiger partial charge in [-0.3, -0.25) is 4.79 Å². The minimum absolute atomic E-state index is 0.0194. The first-order valence-corrected chi connectivity index (χ1v) is 8.34. The lowest BCUT2D eigenvalue weighted by molar-refractivity contribution is -0.137. The van der Waals surface area contributed by atoms with Crippen LogP contribution in [0.15, 0.2) is 24.3 Å². The molecule has 0 unspecified atom stereocenters. The van der Waals surface area contributed by atoms with Crippen molar-refractivity contribution in [2.75, 3.05) is 6.61 Å². The van der Waals surface area contributed by atoms with Crippen molar-refractivity contribution in [1.82, 2.24) is 9.88 Å². The van der Waals surface area contributed by atoms with Crippen molar-refractivity contribution >= 4 is 23.0 Å². The molecule has 1 atom stereocenters. The first kappa shape index (κ1) is 16.4. The Morgan fingerprint density at radius 2 is 2.17 bits per heavy atom. The number of alkyl carbamates (subject to hydrolysis) is 1. The van der Waals surface area contributed by atoms with Gasteiger partial charge in [0, 0.05) is 22.6 Å². The minimum Gasteiger partial charge on any atom is -0.480 e. The van der Waals surface area contributed by atoms with E-state index < -0.39 is 5.97 Å². The first-order chi connectivity index (χ1) is 11.6. The van der Waals surface area contributed by atoms with E-state index in [1.165, 1.54) is 0 Å². The molecule has 1 aromatic carbocycles. The molecule has 1 aliphatic rings. The number of para-hydroxylation sites is 1. The Balaban J connectivity index is 1.86. The van der Waals surface area contributed by atoms with Crippen molar-refractivity contribution in [1.29, 1.82) is 0 Å². The van der Waals surface area contributed by atoms with Crippen LogP contribution >= 0.6 is 0 Å². The maximum Gasteiger partial charge on any atom is 0.407 e. The molecule has 1 amide bonds. The van der Waals surface area contributed by atoms with Gasteiger partial charge in [-0.2, -0.15) is 0 Å². The predicted octanol–water partition coefficient (Wildman–Crippen LogP) is 2.72. The van der Waals surface area contributed by atoms with Crippen molar-refractivity contribution in [2.24, 2.45) is 0 Å². The summed E-state index contributed by atoms with van der Waals surface area (Å²) in [6, 6.07) is 7.87. The molecule has 1 heterocycles. The van der Waals surface area contributed by atoms with Crippen molar-refractivity contribution in [3.8, 4) is 0 Å². The summed E-state index contributed by atoms with van der Waals surface area (Å²) in [5, 5.41) is 13.2. The van der Waals surface area contributed by atoms with Crippen LogP contribution in [0.3, 0.4) is 0 Å². The molecule has 0 radical (unpaired) electrons. The number of aromatic nitrogens is 1. The molecular formula is C18H22N2O4. The Morgan fingerprint density at radius 3 is 2.92 bits per heavy atom. The van der Waals surface area contributed by atoms with Crippen molar-refractivity contribution in [2.45, 2.75) is 45.2 Å². The van der Waals surface area contributed by atoms with Gasteiger partial charge < -0.3 is 19.7 Å².